The maximum absolute atomic E-state index is 5.72. The Morgan fingerprint density at radius 1 is 1.21 bits per heavy atom. The summed E-state index contributed by atoms with van der Waals surface area (Å²) in [5.41, 5.74) is 10.3. The van der Waals surface area contributed by atoms with Gasteiger partial charge < -0.3 is 10.5 Å². The van der Waals surface area contributed by atoms with Gasteiger partial charge in [-0.2, -0.15) is 0 Å². The van der Waals surface area contributed by atoms with Crippen molar-refractivity contribution in [3.8, 4) is 16.9 Å². The molecule has 0 amide bonds. The lowest BCUT2D eigenvalue weighted by Crippen LogP contribution is -2.18. The topological polar surface area (TPSA) is 48.1 Å². The highest BCUT2D eigenvalue weighted by Crippen LogP contribution is 2.40. The third-order valence-electron chi connectivity index (χ3n) is 3.72. The van der Waals surface area contributed by atoms with Crippen LogP contribution in [0.4, 0.5) is 5.82 Å². The van der Waals surface area contributed by atoms with E-state index in [1.807, 2.05) is 19.1 Å². The lowest BCUT2D eigenvalue weighted by molar-refractivity contribution is 0.291. The number of nitrogens with two attached hydrogens (primary N) is 1. The summed E-state index contributed by atoms with van der Waals surface area (Å²) in [5.74, 6) is 1.56. The predicted molar refractivity (Wildman–Crippen MR) is 77.3 cm³/mol. The summed E-state index contributed by atoms with van der Waals surface area (Å²) >= 11 is 0. The standard InChI is InChI=1S/C16H18N2O/c1-10-12(5-7-15(17)18-10)11-4-6-14-13(8-11)16(2,3)9-19-14/h4-8H,9H2,1-3H3,(H2,17,18). The molecule has 2 N–H and O–H groups in total. The molecule has 1 aromatic carbocycles. The van der Waals surface area contributed by atoms with Crippen molar-refractivity contribution in [1.82, 2.24) is 4.98 Å². The largest absolute Gasteiger partial charge is 0.492 e. The molecule has 2 aromatic rings. The Hall–Kier alpha value is -2.03. The van der Waals surface area contributed by atoms with Crippen LogP contribution in [0.2, 0.25) is 0 Å². The van der Waals surface area contributed by atoms with Crippen molar-refractivity contribution in [1.29, 1.82) is 0 Å². The number of rotatable bonds is 1. The molecule has 3 rings (SSSR count). The maximum Gasteiger partial charge on any atom is 0.123 e. The first-order chi connectivity index (χ1) is 8.97. The third-order valence-corrected chi connectivity index (χ3v) is 3.72. The Morgan fingerprint density at radius 3 is 2.74 bits per heavy atom. The number of aryl methyl sites for hydroxylation is 1. The summed E-state index contributed by atoms with van der Waals surface area (Å²) < 4.78 is 5.72. The van der Waals surface area contributed by atoms with E-state index in [9.17, 15) is 0 Å². The fraction of sp³-hybridized carbons (Fsp3) is 0.312. The van der Waals surface area contributed by atoms with E-state index in [1.54, 1.807) is 0 Å². The molecule has 1 aliphatic rings. The monoisotopic (exact) mass is 254 g/mol. The van der Waals surface area contributed by atoms with Gasteiger partial charge in [-0.25, -0.2) is 4.98 Å². The average molecular weight is 254 g/mol. The molecule has 1 aliphatic heterocycles. The summed E-state index contributed by atoms with van der Waals surface area (Å²) in [6.07, 6.45) is 0. The van der Waals surface area contributed by atoms with E-state index in [-0.39, 0.29) is 5.41 Å². The molecule has 0 unspecified atom stereocenters. The minimum absolute atomic E-state index is 0.0699. The Labute approximate surface area is 113 Å². The van der Waals surface area contributed by atoms with Crippen LogP contribution in [0, 0.1) is 6.92 Å². The number of hydrogen-bond donors (Lipinski definition) is 1. The molecule has 0 fully saturated rings. The maximum atomic E-state index is 5.72. The molecule has 0 spiro atoms. The molecule has 0 radical (unpaired) electrons. The number of pyridine rings is 1. The van der Waals surface area contributed by atoms with Gasteiger partial charge in [0.25, 0.3) is 0 Å². The molecule has 0 saturated heterocycles. The van der Waals surface area contributed by atoms with Gasteiger partial charge in [0, 0.05) is 22.2 Å². The molecule has 3 nitrogen and oxygen atoms in total. The summed E-state index contributed by atoms with van der Waals surface area (Å²) in [6, 6.07) is 10.2. The van der Waals surface area contributed by atoms with Crippen molar-refractivity contribution < 1.29 is 4.74 Å². The molecule has 0 atom stereocenters. The summed E-state index contributed by atoms with van der Waals surface area (Å²) in [5, 5.41) is 0. The van der Waals surface area contributed by atoms with E-state index in [2.05, 4.69) is 37.0 Å². The van der Waals surface area contributed by atoms with E-state index < -0.39 is 0 Å². The predicted octanol–water partition coefficient (Wildman–Crippen LogP) is 3.31. The third kappa shape index (κ3) is 1.95. The SMILES string of the molecule is Cc1nc(N)ccc1-c1ccc2c(c1)C(C)(C)CO2. The van der Waals surface area contributed by atoms with Gasteiger partial charge >= 0.3 is 0 Å². The van der Waals surface area contributed by atoms with Crippen LogP contribution in [0.5, 0.6) is 5.75 Å². The van der Waals surface area contributed by atoms with Crippen LogP contribution in [0.25, 0.3) is 11.1 Å². The molecule has 98 valence electrons. The number of nitrogen functional groups attached to an aromatic ring is 1. The van der Waals surface area contributed by atoms with Crippen LogP contribution in [0.15, 0.2) is 30.3 Å². The van der Waals surface area contributed by atoms with Crippen LogP contribution in [-0.4, -0.2) is 11.6 Å². The van der Waals surface area contributed by atoms with E-state index in [0.29, 0.717) is 5.82 Å². The van der Waals surface area contributed by atoms with Crippen molar-refractivity contribution >= 4 is 5.82 Å². The van der Waals surface area contributed by atoms with E-state index >= 15 is 0 Å². The van der Waals surface area contributed by atoms with Gasteiger partial charge in [0.1, 0.15) is 11.6 Å². The minimum Gasteiger partial charge on any atom is -0.492 e. The Balaban J connectivity index is 2.13. The summed E-state index contributed by atoms with van der Waals surface area (Å²) in [4.78, 5) is 4.33. The lowest BCUT2D eigenvalue weighted by Gasteiger charge is -2.16. The molecule has 0 bridgehead atoms. The number of aromatic nitrogens is 1. The Morgan fingerprint density at radius 2 is 2.00 bits per heavy atom. The zero-order chi connectivity index (χ0) is 13.6. The number of anilines is 1. The van der Waals surface area contributed by atoms with Crippen molar-refractivity contribution in [2.24, 2.45) is 0 Å². The smallest absolute Gasteiger partial charge is 0.123 e. The normalized spacial score (nSPS) is 15.9. The quantitative estimate of drug-likeness (QED) is 0.849. The lowest BCUT2D eigenvalue weighted by atomic mass is 9.85. The fourth-order valence-electron chi connectivity index (χ4n) is 2.57. The molecular formula is C16H18N2O. The van der Waals surface area contributed by atoms with Gasteiger partial charge in [-0.15, -0.1) is 0 Å². The first-order valence-corrected chi connectivity index (χ1v) is 6.48. The van der Waals surface area contributed by atoms with Crippen molar-refractivity contribution in [3.63, 3.8) is 0 Å². The molecule has 3 heteroatoms. The van der Waals surface area contributed by atoms with Crippen LogP contribution in [0.1, 0.15) is 25.1 Å². The second kappa shape index (κ2) is 3.98. The van der Waals surface area contributed by atoms with Gasteiger partial charge in [0.05, 0.1) is 6.61 Å². The van der Waals surface area contributed by atoms with Gasteiger partial charge in [-0.05, 0) is 36.8 Å². The first-order valence-electron chi connectivity index (χ1n) is 6.48. The second-order valence-corrected chi connectivity index (χ2v) is 5.75. The second-order valence-electron chi connectivity index (χ2n) is 5.75. The number of hydrogen-bond acceptors (Lipinski definition) is 3. The molecule has 19 heavy (non-hydrogen) atoms. The molecule has 0 aliphatic carbocycles. The van der Waals surface area contributed by atoms with Gasteiger partial charge in [0.15, 0.2) is 0 Å². The highest BCUT2D eigenvalue weighted by atomic mass is 16.5. The van der Waals surface area contributed by atoms with Crippen LogP contribution in [0.3, 0.4) is 0 Å². The Kier molecular flexibility index (Phi) is 2.52. The van der Waals surface area contributed by atoms with Crippen LogP contribution >= 0.6 is 0 Å². The molecular weight excluding hydrogens is 236 g/mol. The minimum atomic E-state index is 0.0699. The molecule has 2 heterocycles. The van der Waals surface area contributed by atoms with Gasteiger partial charge in [-0.1, -0.05) is 19.9 Å². The van der Waals surface area contributed by atoms with Gasteiger partial charge in [-0.3, -0.25) is 0 Å². The number of ether oxygens (including phenoxy) is 1. The van der Waals surface area contributed by atoms with Crippen LogP contribution in [-0.2, 0) is 5.41 Å². The zero-order valence-corrected chi connectivity index (χ0v) is 11.5. The summed E-state index contributed by atoms with van der Waals surface area (Å²) in [7, 11) is 0. The molecule has 0 saturated carbocycles. The average Bonchev–Trinajstić information content (AvgIpc) is 2.65. The zero-order valence-electron chi connectivity index (χ0n) is 11.5. The van der Waals surface area contributed by atoms with Crippen molar-refractivity contribution in [3.05, 3.63) is 41.6 Å². The Bertz CT molecular complexity index is 647. The number of benzene rings is 1. The number of fused-ring (bicyclic) bond motifs is 1. The highest BCUT2D eigenvalue weighted by molar-refractivity contribution is 5.69. The highest BCUT2D eigenvalue weighted by Gasteiger charge is 2.31. The summed E-state index contributed by atoms with van der Waals surface area (Å²) in [6.45, 7) is 7.14. The van der Waals surface area contributed by atoms with E-state index in [0.717, 1.165) is 23.6 Å². The van der Waals surface area contributed by atoms with Crippen molar-refractivity contribution in [2.45, 2.75) is 26.2 Å². The van der Waals surface area contributed by atoms with Gasteiger partial charge in [0.2, 0.25) is 0 Å². The fourth-order valence-corrected chi connectivity index (χ4v) is 2.57. The first kappa shape index (κ1) is 12.0. The molecule has 1 aromatic heterocycles. The van der Waals surface area contributed by atoms with Crippen LogP contribution < -0.4 is 10.5 Å². The number of nitrogens with zero attached hydrogens (tertiary/aromatic N) is 1. The van der Waals surface area contributed by atoms with Crippen molar-refractivity contribution in [2.75, 3.05) is 12.3 Å². The van der Waals surface area contributed by atoms with E-state index in [4.69, 9.17) is 10.5 Å². The van der Waals surface area contributed by atoms with E-state index in [1.165, 1.54) is 11.1 Å².